The number of rotatable bonds is 11. The van der Waals surface area contributed by atoms with Gasteiger partial charge in [-0.1, -0.05) is 90.8 Å². The topological polar surface area (TPSA) is 86.8 Å². The zero-order chi connectivity index (χ0) is 32.0. The molecule has 0 bridgehead atoms. The van der Waals surface area contributed by atoms with E-state index in [0.29, 0.717) is 32.6 Å². The Morgan fingerprint density at radius 3 is 2.18 bits per heavy atom. The molecule has 3 aromatic rings. The molecule has 0 unspecified atom stereocenters. The van der Waals surface area contributed by atoms with Crippen molar-refractivity contribution in [3.8, 4) is 0 Å². The molecule has 1 fully saturated rings. The monoisotopic (exact) mass is 677 g/mol. The second kappa shape index (κ2) is 15.0. The van der Waals surface area contributed by atoms with Crippen LogP contribution in [0.5, 0.6) is 0 Å². The van der Waals surface area contributed by atoms with Gasteiger partial charge >= 0.3 is 0 Å². The van der Waals surface area contributed by atoms with E-state index in [-0.39, 0.29) is 29.1 Å². The van der Waals surface area contributed by atoms with Crippen LogP contribution < -0.4 is 9.62 Å². The predicted molar refractivity (Wildman–Crippen MR) is 178 cm³/mol. The van der Waals surface area contributed by atoms with Gasteiger partial charge in [-0.3, -0.25) is 13.9 Å². The fourth-order valence-electron chi connectivity index (χ4n) is 5.50. The van der Waals surface area contributed by atoms with Crippen molar-refractivity contribution >= 4 is 62.3 Å². The standard InChI is InChI=1S/C33H38Cl3N3O4S/c1-4-30(33(41)37-27-8-6-5-7-9-27)38(20-24-13-15-25(34)18-29(24)36)32(40)21-39(31-19-26(35)14-12-23(31)3)44(42,43)28-16-10-22(2)11-17-28/h10-19,27,30H,4-9,20-21H2,1-3H3,(H,37,41)/t30-/m0/s1. The van der Waals surface area contributed by atoms with Gasteiger partial charge in [0.2, 0.25) is 11.8 Å². The minimum absolute atomic E-state index is 0.0155. The number of sulfonamides is 1. The van der Waals surface area contributed by atoms with Crippen molar-refractivity contribution < 1.29 is 18.0 Å². The zero-order valence-electron chi connectivity index (χ0n) is 25.2. The van der Waals surface area contributed by atoms with Crippen molar-refractivity contribution in [2.24, 2.45) is 0 Å². The fourth-order valence-corrected chi connectivity index (χ4v) is 7.60. The van der Waals surface area contributed by atoms with Gasteiger partial charge in [0.1, 0.15) is 12.6 Å². The minimum Gasteiger partial charge on any atom is -0.352 e. The van der Waals surface area contributed by atoms with E-state index in [1.165, 1.54) is 23.1 Å². The van der Waals surface area contributed by atoms with E-state index in [0.717, 1.165) is 42.0 Å². The maximum absolute atomic E-state index is 14.4. The van der Waals surface area contributed by atoms with Crippen molar-refractivity contribution in [1.29, 1.82) is 0 Å². The van der Waals surface area contributed by atoms with Crippen LogP contribution in [0.2, 0.25) is 15.1 Å². The first-order chi connectivity index (χ1) is 20.9. The molecule has 1 atom stereocenters. The zero-order valence-corrected chi connectivity index (χ0v) is 28.2. The van der Waals surface area contributed by atoms with E-state index in [9.17, 15) is 18.0 Å². The lowest BCUT2D eigenvalue weighted by molar-refractivity contribution is -0.140. The molecular formula is C33H38Cl3N3O4S. The summed E-state index contributed by atoms with van der Waals surface area (Å²) in [5, 5.41) is 4.24. The first kappa shape index (κ1) is 34.1. The van der Waals surface area contributed by atoms with Crippen LogP contribution in [0, 0.1) is 13.8 Å². The molecule has 0 heterocycles. The molecule has 0 saturated heterocycles. The number of amides is 2. The number of halogens is 3. The van der Waals surface area contributed by atoms with Crippen LogP contribution in [0.4, 0.5) is 5.69 Å². The summed E-state index contributed by atoms with van der Waals surface area (Å²) in [6.45, 7) is 4.87. The molecule has 44 heavy (non-hydrogen) atoms. The number of hydrogen-bond acceptors (Lipinski definition) is 4. The van der Waals surface area contributed by atoms with Gasteiger partial charge in [-0.2, -0.15) is 0 Å². The van der Waals surface area contributed by atoms with Crippen molar-refractivity contribution in [2.75, 3.05) is 10.8 Å². The Labute approximate surface area is 275 Å². The molecule has 1 N–H and O–H groups in total. The van der Waals surface area contributed by atoms with Crippen LogP contribution in [0.25, 0.3) is 0 Å². The summed E-state index contributed by atoms with van der Waals surface area (Å²) in [4.78, 5) is 29.5. The number of carbonyl (C=O) groups excluding carboxylic acids is 2. The predicted octanol–water partition coefficient (Wildman–Crippen LogP) is 7.72. The van der Waals surface area contributed by atoms with Crippen molar-refractivity contribution in [1.82, 2.24) is 10.2 Å². The molecule has 1 aliphatic rings. The number of aryl methyl sites for hydroxylation is 2. The largest absolute Gasteiger partial charge is 0.352 e. The maximum atomic E-state index is 14.4. The summed E-state index contributed by atoms with van der Waals surface area (Å²) < 4.78 is 29.4. The van der Waals surface area contributed by atoms with Gasteiger partial charge in [0.25, 0.3) is 10.0 Å². The van der Waals surface area contributed by atoms with E-state index in [4.69, 9.17) is 34.8 Å². The lowest BCUT2D eigenvalue weighted by atomic mass is 9.95. The number of carbonyl (C=O) groups is 2. The molecule has 0 aliphatic heterocycles. The second-order valence-electron chi connectivity index (χ2n) is 11.3. The highest BCUT2D eigenvalue weighted by molar-refractivity contribution is 7.92. The van der Waals surface area contributed by atoms with E-state index >= 15 is 0 Å². The van der Waals surface area contributed by atoms with Crippen molar-refractivity contribution in [3.63, 3.8) is 0 Å². The molecule has 1 saturated carbocycles. The van der Waals surface area contributed by atoms with E-state index < -0.39 is 28.5 Å². The fraction of sp³-hybridized carbons (Fsp3) is 0.394. The van der Waals surface area contributed by atoms with E-state index in [2.05, 4.69) is 5.32 Å². The molecule has 11 heteroatoms. The number of anilines is 1. The lowest BCUT2D eigenvalue weighted by Crippen LogP contribution is -2.54. The lowest BCUT2D eigenvalue weighted by Gasteiger charge is -2.35. The van der Waals surface area contributed by atoms with Crippen LogP contribution in [0.3, 0.4) is 0 Å². The Kier molecular flexibility index (Phi) is 11.6. The van der Waals surface area contributed by atoms with Gasteiger partial charge in [0.15, 0.2) is 0 Å². The Morgan fingerprint density at radius 1 is 0.909 bits per heavy atom. The van der Waals surface area contributed by atoms with Gasteiger partial charge in [0.05, 0.1) is 10.6 Å². The Balaban J connectivity index is 1.76. The first-order valence-electron chi connectivity index (χ1n) is 14.8. The van der Waals surface area contributed by atoms with Crippen LogP contribution in [-0.2, 0) is 26.2 Å². The van der Waals surface area contributed by atoms with E-state index in [1.54, 1.807) is 49.4 Å². The van der Waals surface area contributed by atoms with Crippen molar-refractivity contribution in [3.05, 3.63) is 92.4 Å². The quantitative estimate of drug-likeness (QED) is 0.225. The average Bonchev–Trinajstić information content (AvgIpc) is 2.98. The molecule has 236 valence electrons. The minimum atomic E-state index is -4.22. The van der Waals surface area contributed by atoms with Gasteiger partial charge in [0, 0.05) is 27.7 Å². The van der Waals surface area contributed by atoms with Crippen LogP contribution >= 0.6 is 34.8 Å². The SMILES string of the molecule is CC[C@@H](C(=O)NC1CCCCC1)N(Cc1ccc(Cl)cc1Cl)C(=O)CN(c1cc(Cl)ccc1C)S(=O)(=O)c1ccc(C)cc1. The highest BCUT2D eigenvalue weighted by atomic mass is 35.5. The van der Waals surface area contributed by atoms with Gasteiger partial charge in [-0.25, -0.2) is 8.42 Å². The Morgan fingerprint density at radius 2 is 1.55 bits per heavy atom. The molecule has 3 aromatic carbocycles. The first-order valence-corrected chi connectivity index (χ1v) is 17.4. The van der Waals surface area contributed by atoms with Crippen LogP contribution in [0.1, 0.15) is 62.1 Å². The summed E-state index contributed by atoms with van der Waals surface area (Å²) in [5.41, 5.74) is 2.37. The summed E-state index contributed by atoms with van der Waals surface area (Å²) in [6.07, 6.45) is 5.30. The number of benzene rings is 3. The number of nitrogens with zero attached hydrogens (tertiary/aromatic N) is 2. The highest BCUT2D eigenvalue weighted by Gasteiger charge is 2.35. The Bertz CT molecular complexity index is 1590. The summed E-state index contributed by atoms with van der Waals surface area (Å²) in [5.74, 6) is -0.832. The molecule has 0 spiro atoms. The molecule has 0 aromatic heterocycles. The molecular weight excluding hydrogens is 641 g/mol. The second-order valence-corrected chi connectivity index (χ2v) is 14.4. The van der Waals surface area contributed by atoms with Crippen molar-refractivity contribution in [2.45, 2.75) is 82.8 Å². The third kappa shape index (κ3) is 8.27. The third-order valence-corrected chi connectivity index (χ3v) is 10.6. The number of hydrogen-bond donors (Lipinski definition) is 1. The van der Waals surface area contributed by atoms with Gasteiger partial charge < -0.3 is 10.2 Å². The molecule has 1 aliphatic carbocycles. The highest BCUT2D eigenvalue weighted by Crippen LogP contribution is 2.31. The van der Waals surface area contributed by atoms with Crippen LogP contribution in [0.15, 0.2) is 65.6 Å². The van der Waals surface area contributed by atoms with Gasteiger partial charge in [-0.15, -0.1) is 0 Å². The number of nitrogens with one attached hydrogen (secondary N) is 1. The molecule has 7 nitrogen and oxygen atoms in total. The molecule has 4 rings (SSSR count). The summed E-state index contributed by atoms with van der Waals surface area (Å²) in [6, 6.07) is 15.5. The van der Waals surface area contributed by atoms with Crippen LogP contribution in [-0.4, -0.2) is 43.8 Å². The van der Waals surface area contributed by atoms with Gasteiger partial charge in [-0.05, 0) is 80.6 Å². The van der Waals surface area contributed by atoms with E-state index in [1.807, 2.05) is 13.8 Å². The molecule has 0 radical (unpaired) electrons. The Hall–Kier alpha value is -2.78. The summed E-state index contributed by atoms with van der Waals surface area (Å²) >= 11 is 19.0. The average molecular weight is 679 g/mol. The smallest absolute Gasteiger partial charge is 0.264 e. The summed E-state index contributed by atoms with van der Waals surface area (Å²) in [7, 11) is -4.22. The third-order valence-electron chi connectivity index (χ3n) is 8.02. The normalized spacial score (nSPS) is 14.6. The molecule has 2 amide bonds. The maximum Gasteiger partial charge on any atom is 0.264 e.